The molecule has 2 nitrogen and oxygen atoms in total. The maximum Gasteiger partial charge on any atom is 0.0486 e. The van der Waals surface area contributed by atoms with Gasteiger partial charge >= 0.3 is 0 Å². The lowest BCUT2D eigenvalue weighted by molar-refractivity contribution is 0.409. The van der Waals surface area contributed by atoms with Gasteiger partial charge in [-0.3, -0.25) is 0 Å². The summed E-state index contributed by atoms with van der Waals surface area (Å²) in [4.78, 5) is 0. The van der Waals surface area contributed by atoms with Gasteiger partial charge in [-0.1, -0.05) is 6.07 Å². The molecule has 0 aromatic heterocycles. The first-order chi connectivity index (χ1) is 7.65. The second-order valence-corrected chi connectivity index (χ2v) is 5.61. The molecule has 1 aliphatic rings. The van der Waals surface area contributed by atoms with Crippen LogP contribution in [0.25, 0.3) is 0 Å². The Morgan fingerprint density at radius 1 is 1.38 bits per heavy atom. The highest BCUT2D eigenvalue weighted by molar-refractivity contribution is 9.10. The second-order valence-electron chi connectivity index (χ2n) is 4.75. The number of hydrogen-bond donors (Lipinski definition) is 2. The third-order valence-corrected chi connectivity index (χ3v) is 3.86. The van der Waals surface area contributed by atoms with E-state index in [4.69, 9.17) is 5.73 Å². The molecule has 0 radical (unpaired) electrons. The van der Waals surface area contributed by atoms with Gasteiger partial charge in [-0.2, -0.15) is 0 Å². The van der Waals surface area contributed by atoms with Gasteiger partial charge in [0.05, 0.1) is 0 Å². The number of rotatable bonds is 2. The Hall–Kier alpha value is -0.540. The average molecular weight is 283 g/mol. The molecule has 2 unspecified atom stereocenters. The zero-order valence-corrected chi connectivity index (χ0v) is 11.3. The first kappa shape index (κ1) is 11.9. The van der Waals surface area contributed by atoms with Crippen LogP contribution in [0, 0.1) is 6.92 Å². The number of aryl methyl sites for hydroxylation is 1. The topological polar surface area (TPSA) is 38.0 Å². The van der Waals surface area contributed by atoms with Crippen LogP contribution in [0.15, 0.2) is 22.7 Å². The van der Waals surface area contributed by atoms with Crippen LogP contribution in [0.5, 0.6) is 0 Å². The quantitative estimate of drug-likeness (QED) is 0.872. The highest BCUT2D eigenvalue weighted by Crippen LogP contribution is 2.27. The lowest BCUT2D eigenvalue weighted by Crippen LogP contribution is -2.34. The van der Waals surface area contributed by atoms with Crippen molar-refractivity contribution in [2.75, 3.05) is 5.32 Å². The summed E-state index contributed by atoms with van der Waals surface area (Å²) in [5, 5.41) is 3.58. The van der Waals surface area contributed by atoms with Gasteiger partial charge in [0.25, 0.3) is 0 Å². The van der Waals surface area contributed by atoms with Crippen molar-refractivity contribution in [1.82, 2.24) is 0 Å². The summed E-state index contributed by atoms with van der Waals surface area (Å²) >= 11 is 3.60. The third-order valence-electron chi connectivity index (χ3n) is 3.20. The predicted molar refractivity (Wildman–Crippen MR) is 72.7 cm³/mol. The Balaban J connectivity index is 2.02. The van der Waals surface area contributed by atoms with Gasteiger partial charge in [0.2, 0.25) is 0 Å². The summed E-state index contributed by atoms with van der Waals surface area (Å²) in [6.07, 6.45) is 4.73. The Morgan fingerprint density at radius 3 is 2.88 bits per heavy atom. The van der Waals surface area contributed by atoms with Crippen LogP contribution >= 0.6 is 15.9 Å². The molecule has 0 saturated heterocycles. The van der Waals surface area contributed by atoms with Gasteiger partial charge in [0.1, 0.15) is 0 Å². The fourth-order valence-corrected chi connectivity index (χ4v) is 2.92. The first-order valence-corrected chi connectivity index (χ1v) is 6.73. The normalized spacial score (nSPS) is 25.4. The van der Waals surface area contributed by atoms with Crippen molar-refractivity contribution in [3.05, 3.63) is 28.2 Å². The van der Waals surface area contributed by atoms with Crippen molar-refractivity contribution < 1.29 is 0 Å². The molecule has 0 aliphatic heterocycles. The Kier molecular flexibility index (Phi) is 3.87. The number of nitrogens with two attached hydrogens (primary N) is 1. The standard InChI is InChI=1S/C13H19BrN2/c1-9-5-6-13(12(14)7-9)16-11-4-2-3-10(15)8-11/h5-7,10-11,16H,2-4,8,15H2,1H3. The number of halogens is 1. The van der Waals surface area contributed by atoms with Crippen molar-refractivity contribution in [3.8, 4) is 0 Å². The van der Waals surface area contributed by atoms with E-state index in [1.807, 2.05) is 0 Å². The summed E-state index contributed by atoms with van der Waals surface area (Å²) in [6.45, 7) is 2.10. The van der Waals surface area contributed by atoms with E-state index in [-0.39, 0.29) is 0 Å². The molecule has 88 valence electrons. The molecule has 1 aromatic rings. The molecule has 0 spiro atoms. The van der Waals surface area contributed by atoms with Crippen molar-refractivity contribution in [3.63, 3.8) is 0 Å². The lowest BCUT2D eigenvalue weighted by Gasteiger charge is -2.28. The molecule has 3 N–H and O–H groups in total. The maximum atomic E-state index is 5.99. The number of benzene rings is 1. The molecular formula is C13H19BrN2. The van der Waals surface area contributed by atoms with E-state index >= 15 is 0 Å². The third kappa shape index (κ3) is 2.98. The van der Waals surface area contributed by atoms with Crippen LogP contribution in [0.3, 0.4) is 0 Å². The predicted octanol–water partition coefficient (Wildman–Crippen LogP) is 3.44. The van der Waals surface area contributed by atoms with Gasteiger partial charge < -0.3 is 11.1 Å². The Labute approximate surface area is 106 Å². The van der Waals surface area contributed by atoms with Crippen LogP contribution in [0.1, 0.15) is 31.2 Å². The molecule has 1 saturated carbocycles. The molecule has 16 heavy (non-hydrogen) atoms. The summed E-state index contributed by atoms with van der Waals surface area (Å²) in [6, 6.07) is 7.32. The van der Waals surface area contributed by atoms with Crippen molar-refractivity contribution in [2.24, 2.45) is 5.73 Å². The van der Waals surface area contributed by atoms with E-state index in [1.54, 1.807) is 0 Å². The fraction of sp³-hybridized carbons (Fsp3) is 0.538. The average Bonchev–Trinajstić information content (AvgIpc) is 2.22. The van der Waals surface area contributed by atoms with Gasteiger partial charge in [0.15, 0.2) is 0 Å². The lowest BCUT2D eigenvalue weighted by atomic mass is 9.91. The van der Waals surface area contributed by atoms with Crippen LogP contribution in [-0.4, -0.2) is 12.1 Å². The van der Waals surface area contributed by atoms with Crippen molar-refractivity contribution >= 4 is 21.6 Å². The summed E-state index contributed by atoms with van der Waals surface area (Å²) in [7, 11) is 0. The maximum absolute atomic E-state index is 5.99. The zero-order chi connectivity index (χ0) is 11.5. The summed E-state index contributed by atoms with van der Waals surface area (Å²) in [5.74, 6) is 0. The van der Waals surface area contributed by atoms with Gasteiger partial charge in [0, 0.05) is 22.2 Å². The van der Waals surface area contributed by atoms with Crippen LogP contribution in [0.2, 0.25) is 0 Å². The van der Waals surface area contributed by atoms with Gasteiger partial charge in [-0.05, 0) is 66.2 Å². The van der Waals surface area contributed by atoms with E-state index in [0.29, 0.717) is 12.1 Å². The molecule has 0 heterocycles. The van der Waals surface area contributed by atoms with Gasteiger partial charge in [-0.25, -0.2) is 0 Å². The molecule has 3 heteroatoms. The van der Waals surface area contributed by atoms with Gasteiger partial charge in [-0.15, -0.1) is 0 Å². The van der Waals surface area contributed by atoms with E-state index in [2.05, 4.69) is 46.4 Å². The number of nitrogens with one attached hydrogen (secondary N) is 1. The van der Waals surface area contributed by atoms with E-state index in [1.165, 1.54) is 30.5 Å². The van der Waals surface area contributed by atoms with E-state index in [0.717, 1.165) is 10.9 Å². The van der Waals surface area contributed by atoms with Crippen LogP contribution in [-0.2, 0) is 0 Å². The van der Waals surface area contributed by atoms with E-state index < -0.39 is 0 Å². The smallest absolute Gasteiger partial charge is 0.0486 e. The van der Waals surface area contributed by atoms with Crippen LogP contribution < -0.4 is 11.1 Å². The first-order valence-electron chi connectivity index (χ1n) is 5.93. The monoisotopic (exact) mass is 282 g/mol. The minimum absolute atomic E-state index is 0.371. The fourth-order valence-electron chi connectivity index (χ4n) is 2.32. The van der Waals surface area contributed by atoms with E-state index in [9.17, 15) is 0 Å². The zero-order valence-electron chi connectivity index (χ0n) is 9.67. The molecule has 2 atom stereocenters. The molecule has 1 aromatic carbocycles. The molecule has 2 rings (SSSR count). The molecule has 0 amide bonds. The Morgan fingerprint density at radius 2 is 2.19 bits per heavy atom. The molecule has 1 aliphatic carbocycles. The highest BCUT2D eigenvalue weighted by Gasteiger charge is 2.19. The van der Waals surface area contributed by atoms with Crippen molar-refractivity contribution in [1.29, 1.82) is 0 Å². The van der Waals surface area contributed by atoms with Crippen LogP contribution in [0.4, 0.5) is 5.69 Å². The summed E-state index contributed by atoms with van der Waals surface area (Å²) in [5.41, 5.74) is 8.45. The molecule has 1 fully saturated rings. The number of anilines is 1. The molecule has 0 bridgehead atoms. The molecular weight excluding hydrogens is 264 g/mol. The SMILES string of the molecule is Cc1ccc(NC2CCCC(N)C2)c(Br)c1. The highest BCUT2D eigenvalue weighted by atomic mass is 79.9. The number of hydrogen-bond acceptors (Lipinski definition) is 2. The summed E-state index contributed by atoms with van der Waals surface area (Å²) < 4.78 is 1.15. The second kappa shape index (κ2) is 5.19. The van der Waals surface area contributed by atoms with Crippen molar-refractivity contribution in [2.45, 2.75) is 44.7 Å². The minimum Gasteiger partial charge on any atom is -0.381 e. The Bertz CT molecular complexity index is 365. The minimum atomic E-state index is 0.371. The largest absolute Gasteiger partial charge is 0.381 e.